The van der Waals surface area contributed by atoms with Crippen molar-refractivity contribution in [2.75, 3.05) is 0 Å². The first kappa shape index (κ1) is 33.9. The first-order valence-electron chi connectivity index (χ1n) is 19.3. The summed E-state index contributed by atoms with van der Waals surface area (Å²) in [7, 11) is 0. The number of nitriles is 1. The summed E-state index contributed by atoms with van der Waals surface area (Å²) in [5.74, 6) is 1.89. The molecule has 9 aromatic rings. The second kappa shape index (κ2) is 13.7. The molecule has 1 aliphatic heterocycles. The van der Waals surface area contributed by atoms with E-state index in [0.29, 0.717) is 23.0 Å². The van der Waals surface area contributed by atoms with Crippen molar-refractivity contribution in [2.45, 2.75) is 15.2 Å². The fraction of sp³-hybridized carbons (Fsp3) is 0.0189. The van der Waals surface area contributed by atoms with Gasteiger partial charge in [-0.25, -0.2) is 15.0 Å². The van der Waals surface area contributed by atoms with E-state index in [2.05, 4.69) is 127 Å². The molecule has 0 saturated heterocycles. The van der Waals surface area contributed by atoms with Crippen molar-refractivity contribution in [2.24, 2.45) is 0 Å². The highest BCUT2D eigenvalue weighted by atomic mass is 32.2. The highest BCUT2D eigenvalue weighted by molar-refractivity contribution is 7.99. The van der Waals surface area contributed by atoms with Crippen molar-refractivity contribution < 1.29 is 0 Å². The van der Waals surface area contributed by atoms with Crippen LogP contribution < -0.4 is 0 Å². The molecule has 5 heteroatoms. The number of hydrogen-bond acceptors (Lipinski definition) is 5. The van der Waals surface area contributed by atoms with Gasteiger partial charge >= 0.3 is 0 Å². The maximum atomic E-state index is 10.6. The summed E-state index contributed by atoms with van der Waals surface area (Å²) in [6, 6.07) is 70.3. The highest BCUT2D eigenvalue weighted by Crippen LogP contribution is 2.63. The van der Waals surface area contributed by atoms with Crippen molar-refractivity contribution in [1.82, 2.24) is 15.0 Å². The molecule has 58 heavy (non-hydrogen) atoms. The van der Waals surface area contributed by atoms with Gasteiger partial charge in [0.05, 0.1) is 17.0 Å². The van der Waals surface area contributed by atoms with Crippen LogP contribution in [0.4, 0.5) is 0 Å². The van der Waals surface area contributed by atoms with E-state index in [1.54, 1.807) is 0 Å². The summed E-state index contributed by atoms with van der Waals surface area (Å²) in [5, 5.41) is 10.6. The molecule has 0 fully saturated rings. The van der Waals surface area contributed by atoms with Gasteiger partial charge < -0.3 is 0 Å². The topological polar surface area (TPSA) is 62.5 Å². The quantitative estimate of drug-likeness (QED) is 0.175. The van der Waals surface area contributed by atoms with E-state index in [1.165, 1.54) is 26.5 Å². The number of rotatable bonds is 5. The molecule has 2 aliphatic rings. The van der Waals surface area contributed by atoms with Crippen LogP contribution in [0.2, 0.25) is 0 Å². The van der Waals surface area contributed by atoms with E-state index in [0.717, 1.165) is 55.6 Å². The molecule has 0 saturated carbocycles. The van der Waals surface area contributed by atoms with Crippen LogP contribution in [0.25, 0.3) is 67.5 Å². The lowest BCUT2D eigenvalue weighted by molar-refractivity contribution is 0.722. The Bertz CT molecular complexity index is 2990. The van der Waals surface area contributed by atoms with E-state index >= 15 is 0 Å². The van der Waals surface area contributed by atoms with Crippen LogP contribution in [-0.4, -0.2) is 15.0 Å². The molecule has 0 radical (unpaired) electrons. The molecule has 8 aromatic carbocycles. The average molecular weight is 757 g/mol. The van der Waals surface area contributed by atoms with E-state index < -0.39 is 5.41 Å². The van der Waals surface area contributed by atoms with Crippen molar-refractivity contribution >= 4 is 11.8 Å². The normalized spacial score (nSPS) is 12.9. The van der Waals surface area contributed by atoms with Crippen molar-refractivity contribution in [3.05, 3.63) is 222 Å². The van der Waals surface area contributed by atoms with Crippen LogP contribution in [-0.2, 0) is 5.41 Å². The fourth-order valence-corrected chi connectivity index (χ4v) is 10.1. The lowest BCUT2D eigenvalue weighted by atomic mass is 9.67. The zero-order valence-electron chi connectivity index (χ0n) is 31.2. The minimum absolute atomic E-state index is 0.553. The maximum absolute atomic E-state index is 10.6. The molecule has 4 nitrogen and oxygen atoms in total. The fourth-order valence-electron chi connectivity index (χ4n) is 8.94. The van der Waals surface area contributed by atoms with Gasteiger partial charge in [0.2, 0.25) is 0 Å². The first-order chi connectivity index (χ1) is 28.7. The Morgan fingerprint density at radius 1 is 0.379 bits per heavy atom. The molecule has 0 atom stereocenters. The van der Waals surface area contributed by atoms with Crippen LogP contribution in [0, 0.1) is 11.3 Å². The van der Waals surface area contributed by atoms with Crippen molar-refractivity contribution in [3.8, 4) is 73.6 Å². The molecule has 0 unspecified atom stereocenters. The predicted molar refractivity (Wildman–Crippen MR) is 233 cm³/mol. The highest BCUT2D eigenvalue weighted by Gasteiger charge is 2.51. The van der Waals surface area contributed by atoms with Crippen LogP contribution in [0.5, 0.6) is 0 Å². The first-order valence-corrected chi connectivity index (χ1v) is 20.1. The Kier molecular flexibility index (Phi) is 7.99. The summed E-state index contributed by atoms with van der Waals surface area (Å²) >= 11 is 1.83. The minimum Gasteiger partial charge on any atom is -0.208 e. The lowest BCUT2D eigenvalue weighted by Crippen LogP contribution is -2.31. The molecule has 0 amide bonds. The van der Waals surface area contributed by atoms with Gasteiger partial charge in [0.25, 0.3) is 0 Å². The van der Waals surface area contributed by atoms with Crippen molar-refractivity contribution in [1.29, 1.82) is 5.26 Å². The second-order valence-electron chi connectivity index (χ2n) is 14.6. The zero-order valence-corrected chi connectivity index (χ0v) is 32.0. The monoisotopic (exact) mass is 756 g/mol. The van der Waals surface area contributed by atoms with Crippen molar-refractivity contribution in [3.63, 3.8) is 0 Å². The number of nitrogens with zero attached hydrogens (tertiary/aromatic N) is 4. The SMILES string of the molecule is N#Cc1cccc2c1-c1c(-c3ccc(-c4cccc(-c5nc(-c6ccccc6)nc(-c6ccccc6)n5)c4)cc3)cccc1C21c2ccccc2Sc2ccccc21. The summed E-state index contributed by atoms with van der Waals surface area (Å²) in [5.41, 5.74) is 14.3. The molecule has 270 valence electrons. The van der Waals surface area contributed by atoms with Crippen LogP contribution >= 0.6 is 11.8 Å². The molecule has 2 heterocycles. The number of hydrogen-bond donors (Lipinski definition) is 0. The largest absolute Gasteiger partial charge is 0.208 e. The molecular formula is C53H32N4S. The van der Waals surface area contributed by atoms with Crippen LogP contribution in [0.3, 0.4) is 0 Å². The lowest BCUT2D eigenvalue weighted by Gasteiger charge is -2.39. The predicted octanol–water partition coefficient (Wildman–Crippen LogP) is 12.9. The van der Waals surface area contributed by atoms with Gasteiger partial charge in [-0.15, -0.1) is 0 Å². The Morgan fingerprint density at radius 2 is 0.845 bits per heavy atom. The second-order valence-corrected chi connectivity index (χ2v) is 15.7. The molecule has 11 rings (SSSR count). The molecule has 1 aliphatic carbocycles. The van der Waals surface area contributed by atoms with Gasteiger partial charge in [0.15, 0.2) is 17.5 Å². The Labute approximate surface area is 341 Å². The third-order valence-corrected chi connectivity index (χ3v) is 12.6. The smallest absolute Gasteiger partial charge is 0.164 e. The Balaban J connectivity index is 1.03. The van der Waals surface area contributed by atoms with Gasteiger partial charge in [0, 0.05) is 32.0 Å². The van der Waals surface area contributed by atoms with Gasteiger partial charge in [0.1, 0.15) is 0 Å². The van der Waals surface area contributed by atoms with Gasteiger partial charge in [-0.05, 0) is 74.3 Å². The molecule has 1 spiro atoms. The van der Waals surface area contributed by atoms with E-state index in [9.17, 15) is 5.26 Å². The number of aromatic nitrogens is 3. The summed E-state index contributed by atoms with van der Waals surface area (Å²) < 4.78 is 0. The van der Waals surface area contributed by atoms with Gasteiger partial charge in [-0.3, -0.25) is 0 Å². The Morgan fingerprint density at radius 3 is 1.47 bits per heavy atom. The Hall–Kier alpha value is -7.39. The van der Waals surface area contributed by atoms with E-state index in [1.807, 2.05) is 84.6 Å². The summed E-state index contributed by atoms with van der Waals surface area (Å²) in [6.07, 6.45) is 0. The van der Waals surface area contributed by atoms with Crippen LogP contribution in [0.15, 0.2) is 204 Å². The maximum Gasteiger partial charge on any atom is 0.164 e. The third-order valence-electron chi connectivity index (χ3n) is 11.5. The summed E-state index contributed by atoms with van der Waals surface area (Å²) in [6.45, 7) is 0. The van der Waals surface area contributed by atoms with E-state index in [4.69, 9.17) is 15.0 Å². The van der Waals surface area contributed by atoms with Crippen LogP contribution in [0.1, 0.15) is 27.8 Å². The number of fused-ring (bicyclic) bond motifs is 9. The molecule has 0 N–H and O–H groups in total. The van der Waals surface area contributed by atoms with Gasteiger partial charge in [-0.2, -0.15) is 5.26 Å². The molecule has 0 bridgehead atoms. The molecular weight excluding hydrogens is 725 g/mol. The zero-order chi connectivity index (χ0) is 38.6. The van der Waals surface area contributed by atoms with E-state index in [-0.39, 0.29) is 0 Å². The minimum atomic E-state index is -0.553. The third kappa shape index (κ3) is 5.27. The average Bonchev–Trinajstić information content (AvgIpc) is 3.60. The molecule has 1 aromatic heterocycles. The standard InChI is InChI=1S/C53H32N4S/c54-33-40-20-12-24-44-48(40)49-41(21-13-25-45(49)53(44)42-22-7-9-26-46(42)58-47-27-10-8-23-43(47)53)35-30-28-34(29-31-35)38-18-11-19-39(32-38)52-56-50(36-14-3-1-4-15-36)55-51(57-52)37-16-5-2-6-17-37/h1-32H. The summed E-state index contributed by atoms with van der Waals surface area (Å²) in [4.78, 5) is 17.3. The van der Waals surface area contributed by atoms with Gasteiger partial charge in [-0.1, -0.05) is 182 Å². The number of benzene rings is 8.